The van der Waals surface area contributed by atoms with E-state index >= 15 is 0 Å². The van der Waals surface area contributed by atoms with Gasteiger partial charge in [0.25, 0.3) is 5.91 Å². The Hall–Kier alpha value is -2.01. The zero-order valence-electron chi connectivity index (χ0n) is 15.4. The standard InChI is InChI=1S/C21H26FN3O/c1-15-12-19(18-8-7-16(22)13-20(18)23-15)21(26)25-11-3-2-6-17(25)14-24-9-4-5-10-24/h7-8,12-13,17H,2-6,9-11,14H2,1H3. The van der Waals surface area contributed by atoms with E-state index in [2.05, 4.69) is 14.8 Å². The predicted molar refractivity (Wildman–Crippen MR) is 101 cm³/mol. The summed E-state index contributed by atoms with van der Waals surface area (Å²) >= 11 is 0. The van der Waals surface area contributed by atoms with Gasteiger partial charge in [0.2, 0.25) is 0 Å². The third kappa shape index (κ3) is 3.45. The van der Waals surface area contributed by atoms with Crippen LogP contribution in [0.3, 0.4) is 0 Å². The number of hydrogen-bond donors (Lipinski definition) is 0. The van der Waals surface area contributed by atoms with Crippen molar-refractivity contribution in [3.05, 3.63) is 41.3 Å². The lowest BCUT2D eigenvalue weighted by Gasteiger charge is -2.38. The maximum absolute atomic E-state index is 13.6. The fourth-order valence-corrected chi connectivity index (χ4v) is 4.39. The van der Waals surface area contributed by atoms with Gasteiger partial charge in [-0.3, -0.25) is 9.78 Å². The molecular weight excluding hydrogens is 329 g/mol. The van der Waals surface area contributed by atoms with Gasteiger partial charge >= 0.3 is 0 Å². The number of benzene rings is 1. The maximum Gasteiger partial charge on any atom is 0.254 e. The molecule has 2 aromatic rings. The molecule has 0 spiro atoms. The molecule has 1 amide bonds. The highest BCUT2D eigenvalue weighted by Gasteiger charge is 2.30. The lowest BCUT2D eigenvalue weighted by molar-refractivity contribution is 0.0562. The lowest BCUT2D eigenvalue weighted by atomic mass is 9.99. The number of rotatable bonds is 3. The van der Waals surface area contributed by atoms with E-state index in [1.165, 1.54) is 31.4 Å². The molecule has 2 aliphatic rings. The Morgan fingerprint density at radius 1 is 1.15 bits per heavy atom. The first-order valence-corrected chi connectivity index (χ1v) is 9.72. The Kier molecular flexibility index (Phi) is 4.90. The summed E-state index contributed by atoms with van der Waals surface area (Å²) in [7, 11) is 0. The van der Waals surface area contributed by atoms with E-state index in [9.17, 15) is 9.18 Å². The van der Waals surface area contributed by atoms with Gasteiger partial charge in [0, 0.05) is 36.3 Å². The molecule has 138 valence electrons. The van der Waals surface area contributed by atoms with Gasteiger partial charge < -0.3 is 9.80 Å². The van der Waals surface area contributed by atoms with Crippen LogP contribution < -0.4 is 0 Å². The number of amides is 1. The first-order chi connectivity index (χ1) is 12.6. The van der Waals surface area contributed by atoms with Crippen LogP contribution in [0.5, 0.6) is 0 Å². The minimum absolute atomic E-state index is 0.0657. The Morgan fingerprint density at radius 3 is 2.73 bits per heavy atom. The Morgan fingerprint density at radius 2 is 1.92 bits per heavy atom. The van der Waals surface area contributed by atoms with Crippen molar-refractivity contribution in [2.24, 2.45) is 0 Å². The van der Waals surface area contributed by atoms with Crippen LogP contribution in [0.2, 0.25) is 0 Å². The van der Waals surface area contributed by atoms with Crippen LogP contribution in [0.15, 0.2) is 24.3 Å². The summed E-state index contributed by atoms with van der Waals surface area (Å²) in [6.07, 6.45) is 5.84. The van der Waals surface area contributed by atoms with Crippen LogP contribution in [-0.4, -0.2) is 52.9 Å². The topological polar surface area (TPSA) is 36.4 Å². The summed E-state index contributed by atoms with van der Waals surface area (Å²) < 4.78 is 13.6. The summed E-state index contributed by atoms with van der Waals surface area (Å²) in [4.78, 5) is 22.4. The summed E-state index contributed by atoms with van der Waals surface area (Å²) in [6, 6.07) is 6.64. The van der Waals surface area contributed by atoms with E-state index < -0.39 is 0 Å². The van der Waals surface area contributed by atoms with Crippen molar-refractivity contribution in [3.8, 4) is 0 Å². The molecule has 1 unspecified atom stereocenters. The third-order valence-corrected chi connectivity index (χ3v) is 5.69. The number of nitrogens with zero attached hydrogens (tertiary/aromatic N) is 3. The first kappa shape index (κ1) is 17.4. The minimum atomic E-state index is -0.320. The zero-order chi connectivity index (χ0) is 18.1. The molecule has 0 radical (unpaired) electrons. The summed E-state index contributed by atoms with van der Waals surface area (Å²) in [5.41, 5.74) is 1.96. The molecule has 0 N–H and O–H groups in total. The number of fused-ring (bicyclic) bond motifs is 1. The number of pyridine rings is 1. The molecule has 2 aliphatic heterocycles. The third-order valence-electron chi connectivity index (χ3n) is 5.69. The smallest absolute Gasteiger partial charge is 0.254 e. The van der Waals surface area contributed by atoms with Crippen LogP contribution >= 0.6 is 0 Å². The van der Waals surface area contributed by atoms with Crippen molar-refractivity contribution >= 4 is 16.8 Å². The van der Waals surface area contributed by atoms with Gasteiger partial charge in [-0.1, -0.05) is 0 Å². The number of carbonyl (C=O) groups is 1. The average molecular weight is 355 g/mol. The van der Waals surface area contributed by atoms with Crippen LogP contribution in [0.25, 0.3) is 10.9 Å². The molecule has 5 heteroatoms. The van der Waals surface area contributed by atoms with Gasteiger partial charge in [0.1, 0.15) is 5.82 Å². The van der Waals surface area contributed by atoms with E-state index in [0.717, 1.165) is 50.1 Å². The summed E-state index contributed by atoms with van der Waals surface area (Å²) in [6.45, 7) is 5.94. The van der Waals surface area contributed by atoms with Crippen molar-refractivity contribution in [2.75, 3.05) is 26.2 Å². The Bertz CT molecular complexity index is 811. The van der Waals surface area contributed by atoms with Gasteiger partial charge in [0.15, 0.2) is 0 Å². The normalized spacial score (nSPS) is 21.5. The molecule has 2 fully saturated rings. The van der Waals surface area contributed by atoms with E-state index in [-0.39, 0.29) is 17.8 Å². The molecule has 4 rings (SSSR count). The van der Waals surface area contributed by atoms with Crippen molar-refractivity contribution in [1.82, 2.24) is 14.8 Å². The highest BCUT2D eigenvalue weighted by atomic mass is 19.1. The molecule has 0 saturated carbocycles. The minimum Gasteiger partial charge on any atom is -0.334 e. The summed E-state index contributed by atoms with van der Waals surface area (Å²) in [5.74, 6) is -0.255. The van der Waals surface area contributed by atoms with Crippen molar-refractivity contribution in [3.63, 3.8) is 0 Å². The average Bonchev–Trinajstić information content (AvgIpc) is 3.13. The molecule has 4 nitrogen and oxygen atoms in total. The second-order valence-corrected chi connectivity index (χ2v) is 7.63. The summed E-state index contributed by atoms with van der Waals surface area (Å²) in [5, 5.41) is 0.743. The van der Waals surface area contributed by atoms with Crippen molar-refractivity contribution in [2.45, 2.75) is 45.1 Å². The van der Waals surface area contributed by atoms with Crippen molar-refractivity contribution < 1.29 is 9.18 Å². The van der Waals surface area contributed by atoms with Crippen LogP contribution in [-0.2, 0) is 0 Å². The molecule has 0 bridgehead atoms. The fourth-order valence-electron chi connectivity index (χ4n) is 4.39. The fraction of sp³-hybridized carbons (Fsp3) is 0.524. The number of carbonyl (C=O) groups excluding carboxylic acids is 1. The van der Waals surface area contributed by atoms with Gasteiger partial charge in [-0.05, 0) is 70.3 Å². The molecule has 1 aromatic carbocycles. The zero-order valence-corrected chi connectivity index (χ0v) is 15.4. The molecule has 26 heavy (non-hydrogen) atoms. The molecular formula is C21H26FN3O. The van der Waals surface area contributed by atoms with E-state index in [1.807, 2.05) is 13.0 Å². The molecule has 2 saturated heterocycles. The Labute approximate surface area is 154 Å². The highest BCUT2D eigenvalue weighted by Crippen LogP contribution is 2.26. The molecule has 0 aliphatic carbocycles. The lowest BCUT2D eigenvalue weighted by Crippen LogP contribution is -2.49. The SMILES string of the molecule is Cc1cc(C(=O)N2CCCCC2CN2CCCC2)c2ccc(F)cc2n1. The van der Waals surface area contributed by atoms with Gasteiger partial charge in [-0.2, -0.15) is 0 Å². The van der Waals surface area contributed by atoms with Crippen molar-refractivity contribution in [1.29, 1.82) is 0 Å². The monoisotopic (exact) mass is 355 g/mol. The van der Waals surface area contributed by atoms with Crippen LogP contribution in [0.1, 0.15) is 48.2 Å². The number of aryl methyl sites for hydroxylation is 1. The maximum atomic E-state index is 13.6. The van der Waals surface area contributed by atoms with E-state index in [0.29, 0.717) is 11.1 Å². The van der Waals surface area contributed by atoms with E-state index in [4.69, 9.17) is 0 Å². The second-order valence-electron chi connectivity index (χ2n) is 7.63. The first-order valence-electron chi connectivity index (χ1n) is 9.72. The highest BCUT2D eigenvalue weighted by molar-refractivity contribution is 6.06. The quantitative estimate of drug-likeness (QED) is 0.841. The second kappa shape index (κ2) is 7.31. The predicted octanol–water partition coefficient (Wildman–Crippen LogP) is 3.77. The number of piperidine rings is 1. The van der Waals surface area contributed by atoms with E-state index in [1.54, 1.807) is 6.07 Å². The largest absolute Gasteiger partial charge is 0.334 e. The Balaban J connectivity index is 1.65. The number of aromatic nitrogens is 1. The van der Waals surface area contributed by atoms with Crippen LogP contribution in [0.4, 0.5) is 4.39 Å². The molecule has 3 heterocycles. The van der Waals surface area contributed by atoms with Gasteiger partial charge in [0.05, 0.1) is 11.1 Å². The molecule has 1 aromatic heterocycles. The number of hydrogen-bond acceptors (Lipinski definition) is 3. The molecule has 1 atom stereocenters. The number of halogens is 1. The van der Waals surface area contributed by atoms with Gasteiger partial charge in [-0.25, -0.2) is 4.39 Å². The van der Waals surface area contributed by atoms with Gasteiger partial charge in [-0.15, -0.1) is 0 Å². The number of likely N-dealkylation sites (tertiary alicyclic amines) is 2. The van der Waals surface area contributed by atoms with Crippen LogP contribution in [0, 0.1) is 12.7 Å².